The van der Waals surface area contributed by atoms with Gasteiger partial charge in [0.15, 0.2) is 0 Å². The Bertz CT molecular complexity index is 955. The van der Waals surface area contributed by atoms with Crippen molar-refractivity contribution in [3.05, 3.63) is 74.2 Å². The number of halogens is 2. The molecule has 2 aromatic rings. The Morgan fingerprint density at radius 3 is 2.38 bits per heavy atom. The molecule has 1 amide bonds. The third-order valence-corrected chi connectivity index (χ3v) is 5.85. The zero-order chi connectivity index (χ0) is 21.1. The molecule has 0 spiro atoms. The number of amides is 1. The quantitative estimate of drug-likeness (QED) is 0.343. The molecule has 7 heteroatoms. The number of hydrogen-bond acceptors (Lipinski definition) is 4. The van der Waals surface area contributed by atoms with Gasteiger partial charge >= 0.3 is 0 Å². The predicted molar refractivity (Wildman–Crippen MR) is 120 cm³/mol. The Morgan fingerprint density at radius 2 is 1.76 bits per heavy atom. The van der Waals surface area contributed by atoms with Crippen molar-refractivity contribution in [3.8, 4) is 0 Å². The van der Waals surface area contributed by atoms with Crippen LogP contribution in [0.2, 0.25) is 0 Å². The van der Waals surface area contributed by atoms with Crippen molar-refractivity contribution in [3.63, 3.8) is 0 Å². The molecule has 1 N–H and O–H groups in total. The van der Waals surface area contributed by atoms with Crippen LogP contribution in [0.25, 0.3) is 5.76 Å². The van der Waals surface area contributed by atoms with E-state index >= 15 is 0 Å². The molecule has 0 bridgehead atoms. The zero-order valence-electron chi connectivity index (χ0n) is 16.2. The number of Topliss-reactive ketones (excluding diaryl/α,β-unsaturated/α-hetero) is 1. The molecule has 1 saturated heterocycles. The van der Waals surface area contributed by atoms with Gasteiger partial charge in [0.05, 0.1) is 11.6 Å². The highest BCUT2D eigenvalue weighted by Crippen LogP contribution is 2.40. The van der Waals surface area contributed by atoms with E-state index in [1.807, 2.05) is 43.3 Å². The summed E-state index contributed by atoms with van der Waals surface area (Å²) < 4.78 is 1.71. The fourth-order valence-corrected chi connectivity index (χ4v) is 4.14. The van der Waals surface area contributed by atoms with E-state index in [-0.39, 0.29) is 11.3 Å². The summed E-state index contributed by atoms with van der Waals surface area (Å²) in [5, 5.41) is 11.0. The van der Waals surface area contributed by atoms with Crippen LogP contribution in [0, 0.1) is 0 Å². The molecule has 29 heavy (non-hydrogen) atoms. The van der Waals surface area contributed by atoms with Gasteiger partial charge < -0.3 is 14.9 Å². The van der Waals surface area contributed by atoms with E-state index in [2.05, 4.69) is 31.9 Å². The van der Waals surface area contributed by atoms with Gasteiger partial charge in [0.2, 0.25) is 0 Å². The van der Waals surface area contributed by atoms with Gasteiger partial charge in [-0.05, 0) is 56.9 Å². The average molecular weight is 522 g/mol. The second kappa shape index (κ2) is 9.24. The fourth-order valence-electron chi connectivity index (χ4n) is 3.45. The van der Waals surface area contributed by atoms with Gasteiger partial charge in [0, 0.05) is 21.1 Å². The molecule has 0 radical (unpaired) electrons. The summed E-state index contributed by atoms with van der Waals surface area (Å²) in [5.41, 5.74) is 1.40. The molecule has 1 aliphatic heterocycles. The molecule has 5 nitrogen and oxygen atoms in total. The fraction of sp³-hybridized carbons (Fsp3) is 0.273. The van der Waals surface area contributed by atoms with E-state index in [0.29, 0.717) is 12.1 Å². The van der Waals surface area contributed by atoms with Crippen molar-refractivity contribution >= 4 is 49.3 Å². The summed E-state index contributed by atoms with van der Waals surface area (Å²) in [4.78, 5) is 29.4. The molecule has 1 heterocycles. The molecule has 1 atom stereocenters. The number of ketones is 1. The number of nitrogens with zero attached hydrogens (tertiary/aromatic N) is 2. The highest BCUT2D eigenvalue weighted by Gasteiger charge is 2.45. The van der Waals surface area contributed by atoms with Crippen LogP contribution in [0.1, 0.15) is 23.6 Å². The molecule has 1 aliphatic rings. The topological polar surface area (TPSA) is 60.9 Å². The Morgan fingerprint density at radius 1 is 1.07 bits per heavy atom. The number of aliphatic hydroxyl groups is 1. The van der Waals surface area contributed by atoms with Crippen LogP contribution in [-0.2, 0) is 9.59 Å². The number of carbonyl (C=O) groups is 2. The SMILES string of the molecule is CN(C)CCCN1C(=O)C(=O)C(=C(O)c2ccc(Br)cc2)[C@@H]1c1cccc(Br)c1. The number of hydrogen-bond donors (Lipinski definition) is 1. The van der Waals surface area contributed by atoms with Crippen molar-refractivity contribution in [1.29, 1.82) is 0 Å². The highest BCUT2D eigenvalue weighted by atomic mass is 79.9. The Labute approximate surface area is 187 Å². The van der Waals surface area contributed by atoms with E-state index in [1.54, 1.807) is 29.2 Å². The van der Waals surface area contributed by atoms with E-state index in [1.165, 1.54) is 0 Å². The lowest BCUT2D eigenvalue weighted by atomic mass is 9.95. The molecule has 0 aliphatic carbocycles. The van der Waals surface area contributed by atoms with Crippen LogP contribution in [0.15, 0.2) is 63.0 Å². The van der Waals surface area contributed by atoms with E-state index < -0.39 is 17.7 Å². The molecule has 152 valence electrons. The minimum atomic E-state index is -0.653. The summed E-state index contributed by atoms with van der Waals surface area (Å²) in [6, 6.07) is 13.9. The van der Waals surface area contributed by atoms with Gasteiger partial charge in [-0.25, -0.2) is 0 Å². The van der Waals surface area contributed by atoms with Gasteiger partial charge in [0.1, 0.15) is 5.76 Å². The van der Waals surface area contributed by atoms with E-state index in [9.17, 15) is 14.7 Å². The number of likely N-dealkylation sites (tertiary alicyclic amines) is 1. The molecule has 0 aromatic heterocycles. The first-order valence-electron chi connectivity index (χ1n) is 9.24. The summed E-state index contributed by atoms with van der Waals surface area (Å²) >= 11 is 6.83. The second-order valence-electron chi connectivity index (χ2n) is 7.21. The summed E-state index contributed by atoms with van der Waals surface area (Å²) in [6.45, 7) is 1.22. The summed E-state index contributed by atoms with van der Waals surface area (Å²) in [7, 11) is 3.93. The zero-order valence-corrected chi connectivity index (χ0v) is 19.4. The average Bonchev–Trinajstić information content (AvgIpc) is 2.93. The first-order chi connectivity index (χ1) is 13.8. The van der Waals surface area contributed by atoms with Crippen LogP contribution in [0.5, 0.6) is 0 Å². The smallest absolute Gasteiger partial charge is 0.295 e. The number of benzene rings is 2. The first-order valence-corrected chi connectivity index (χ1v) is 10.8. The van der Waals surface area contributed by atoms with Crippen molar-refractivity contribution in [1.82, 2.24) is 9.80 Å². The van der Waals surface area contributed by atoms with E-state index in [4.69, 9.17) is 0 Å². The van der Waals surface area contributed by atoms with E-state index in [0.717, 1.165) is 27.5 Å². The van der Waals surface area contributed by atoms with Crippen molar-refractivity contribution < 1.29 is 14.7 Å². The molecule has 3 rings (SSSR count). The molecule has 1 fully saturated rings. The Hall–Kier alpha value is -1.96. The minimum absolute atomic E-state index is 0.125. The maximum atomic E-state index is 12.9. The molecular weight excluding hydrogens is 500 g/mol. The van der Waals surface area contributed by atoms with Crippen LogP contribution < -0.4 is 0 Å². The third-order valence-electron chi connectivity index (χ3n) is 4.83. The van der Waals surface area contributed by atoms with Gasteiger partial charge in [-0.3, -0.25) is 9.59 Å². The summed E-state index contributed by atoms with van der Waals surface area (Å²) in [5.74, 6) is -1.39. The van der Waals surface area contributed by atoms with Crippen LogP contribution in [0.3, 0.4) is 0 Å². The van der Waals surface area contributed by atoms with Crippen LogP contribution in [0.4, 0.5) is 0 Å². The Kier molecular flexibility index (Phi) is 6.93. The maximum absolute atomic E-state index is 12.9. The number of aliphatic hydroxyl groups excluding tert-OH is 1. The monoisotopic (exact) mass is 520 g/mol. The number of rotatable bonds is 6. The predicted octanol–water partition coefficient (Wildman–Crippen LogP) is 4.59. The lowest BCUT2D eigenvalue weighted by Gasteiger charge is -2.26. The van der Waals surface area contributed by atoms with Gasteiger partial charge in [0.25, 0.3) is 11.7 Å². The molecular formula is C22H22Br2N2O3. The van der Waals surface area contributed by atoms with Crippen LogP contribution in [-0.4, -0.2) is 53.8 Å². The number of carbonyl (C=O) groups excluding carboxylic acids is 2. The molecule has 0 unspecified atom stereocenters. The van der Waals surface area contributed by atoms with Gasteiger partial charge in [-0.15, -0.1) is 0 Å². The van der Waals surface area contributed by atoms with Crippen LogP contribution >= 0.6 is 31.9 Å². The van der Waals surface area contributed by atoms with Crippen molar-refractivity contribution in [2.24, 2.45) is 0 Å². The lowest BCUT2D eigenvalue weighted by Crippen LogP contribution is -2.32. The molecule has 2 aromatic carbocycles. The largest absolute Gasteiger partial charge is 0.507 e. The van der Waals surface area contributed by atoms with Gasteiger partial charge in [-0.1, -0.05) is 56.1 Å². The lowest BCUT2D eigenvalue weighted by molar-refractivity contribution is -0.139. The van der Waals surface area contributed by atoms with Gasteiger partial charge in [-0.2, -0.15) is 0 Å². The summed E-state index contributed by atoms with van der Waals surface area (Å²) in [6.07, 6.45) is 0.725. The molecule has 0 saturated carbocycles. The first kappa shape index (κ1) is 21.7. The van der Waals surface area contributed by atoms with Crippen molar-refractivity contribution in [2.45, 2.75) is 12.5 Å². The standard InChI is InChI=1S/C22H22Br2N2O3/c1-25(2)11-4-12-26-19(15-5-3-6-17(24)13-15)18(21(28)22(26)29)20(27)14-7-9-16(23)10-8-14/h3,5-10,13,19,27H,4,11-12H2,1-2H3/t19-/m0/s1. The Balaban J connectivity index is 2.09. The van der Waals surface area contributed by atoms with Crippen molar-refractivity contribution in [2.75, 3.05) is 27.2 Å². The highest BCUT2D eigenvalue weighted by molar-refractivity contribution is 9.10. The third kappa shape index (κ3) is 4.79. The maximum Gasteiger partial charge on any atom is 0.295 e. The normalized spacial score (nSPS) is 18.7. The minimum Gasteiger partial charge on any atom is -0.507 e. The second-order valence-corrected chi connectivity index (χ2v) is 9.04.